The minimum atomic E-state index is -0.0184. The number of hydrogen-bond donors (Lipinski definition) is 1. The van der Waals surface area contributed by atoms with E-state index in [1.165, 1.54) is 18.7 Å². The molecule has 1 amide bonds. The highest BCUT2D eigenvalue weighted by Gasteiger charge is 2.11. The summed E-state index contributed by atoms with van der Waals surface area (Å²) < 4.78 is 0. The third-order valence-electron chi connectivity index (χ3n) is 2.17. The Morgan fingerprint density at radius 1 is 1.29 bits per heavy atom. The Hall–Kier alpha value is -1.29. The van der Waals surface area contributed by atoms with Crippen LogP contribution in [-0.2, 0) is 16.1 Å². The Morgan fingerprint density at radius 2 is 1.94 bits per heavy atom. The first-order valence-corrected chi connectivity index (χ1v) is 6.43. The van der Waals surface area contributed by atoms with E-state index in [1.54, 1.807) is 0 Å². The summed E-state index contributed by atoms with van der Waals surface area (Å²) in [5, 5.41) is 2.92. The molecule has 17 heavy (non-hydrogen) atoms. The first-order valence-electron chi connectivity index (χ1n) is 5.56. The number of rotatable bonds is 5. The monoisotopic (exact) mass is 251 g/mol. The molecule has 0 fully saturated rings. The highest BCUT2D eigenvalue weighted by molar-refractivity contribution is 8.14. The Kier molecular flexibility index (Phi) is 5.77. The van der Waals surface area contributed by atoms with Gasteiger partial charge in [0.25, 0.3) is 0 Å². The molecule has 0 spiro atoms. The van der Waals surface area contributed by atoms with Gasteiger partial charge < -0.3 is 5.32 Å². The van der Waals surface area contributed by atoms with Crippen LogP contribution < -0.4 is 5.32 Å². The number of thioether (sulfide) groups is 1. The minimum absolute atomic E-state index is 0.0184. The zero-order valence-corrected chi connectivity index (χ0v) is 10.9. The molecule has 0 saturated heterocycles. The van der Waals surface area contributed by atoms with Gasteiger partial charge in [-0.2, -0.15) is 0 Å². The fourth-order valence-electron chi connectivity index (χ4n) is 1.45. The van der Waals surface area contributed by atoms with Crippen LogP contribution in [0.2, 0.25) is 0 Å². The molecule has 1 aromatic carbocycles. The summed E-state index contributed by atoms with van der Waals surface area (Å²) in [6, 6.07) is 9.75. The predicted molar refractivity (Wildman–Crippen MR) is 70.6 cm³/mol. The lowest BCUT2D eigenvalue weighted by Crippen LogP contribution is -2.25. The molecule has 0 unspecified atom stereocenters. The Balaban J connectivity index is 2.28. The van der Waals surface area contributed by atoms with Crippen molar-refractivity contribution in [3.63, 3.8) is 0 Å². The van der Waals surface area contributed by atoms with E-state index in [1.807, 2.05) is 37.3 Å². The minimum Gasteiger partial charge on any atom is -0.352 e. The van der Waals surface area contributed by atoms with Crippen LogP contribution in [0.25, 0.3) is 0 Å². The number of amides is 1. The Morgan fingerprint density at radius 3 is 2.53 bits per heavy atom. The van der Waals surface area contributed by atoms with Crippen molar-refractivity contribution in [1.29, 1.82) is 0 Å². The molecule has 92 valence electrons. The van der Waals surface area contributed by atoms with Gasteiger partial charge in [0.1, 0.15) is 0 Å². The number of benzene rings is 1. The van der Waals surface area contributed by atoms with Gasteiger partial charge >= 0.3 is 0 Å². The van der Waals surface area contributed by atoms with Crippen LogP contribution in [0.5, 0.6) is 0 Å². The van der Waals surface area contributed by atoms with Crippen LogP contribution >= 0.6 is 11.8 Å². The number of nitrogens with one attached hydrogen (secondary N) is 1. The maximum absolute atomic E-state index is 11.6. The lowest BCUT2D eigenvalue weighted by atomic mass is 10.2. The molecule has 1 N–H and O–H groups in total. The van der Waals surface area contributed by atoms with Gasteiger partial charge in [-0.3, -0.25) is 9.59 Å². The van der Waals surface area contributed by atoms with E-state index in [0.717, 1.165) is 5.56 Å². The average Bonchev–Trinajstić information content (AvgIpc) is 2.26. The Labute approximate surface area is 106 Å². The number of carbonyl (C=O) groups is 2. The topological polar surface area (TPSA) is 46.2 Å². The molecule has 4 heteroatoms. The fourth-order valence-corrected chi connectivity index (χ4v) is 2.26. The van der Waals surface area contributed by atoms with E-state index in [0.29, 0.717) is 13.0 Å². The third kappa shape index (κ3) is 6.12. The maximum atomic E-state index is 11.6. The van der Waals surface area contributed by atoms with Crippen LogP contribution in [0.15, 0.2) is 30.3 Å². The van der Waals surface area contributed by atoms with E-state index >= 15 is 0 Å². The van der Waals surface area contributed by atoms with Crippen molar-refractivity contribution in [2.45, 2.75) is 32.1 Å². The van der Waals surface area contributed by atoms with Crippen molar-refractivity contribution in [3.8, 4) is 0 Å². The molecule has 0 saturated carbocycles. The highest BCUT2D eigenvalue weighted by Crippen LogP contribution is 2.14. The normalized spacial score (nSPS) is 11.9. The van der Waals surface area contributed by atoms with Crippen LogP contribution in [0.1, 0.15) is 25.8 Å². The van der Waals surface area contributed by atoms with Gasteiger partial charge in [0.05, 0.1) is 0 Å². The smallest absolute Gasteiger partial charge is 0.221 e. The van der Waals surface area contributed by atoms with Crippen LogP contribution in [0.3, 0.4) is 0 Å². The summed E-state index contributed by atoms with van der Waals surface area (Å²) in [5.41, 5.74) is 1.08. The van der Waals surface area contributed by atoms with Gasteiger partial charge in [-0.15, -0.1) is 0 Å². The molecule has 0 aliphatic heterocycles. The summed E-state index contributed by atoms with van der Waals surface area (Å²) in [6.07, 6.45) is 0.372. The van der Waals surface area contributed by atoms with Gasteiger partial charge in [0.15, 0.2) is 5.12 Å². The molecule has 3 nitrogen and oxygen atoms in total. The summed E-state index contributed by atoms with van der Waals surface area (Å²) in [4.78, 5) is 22.4. The quantitative estimate of drug-likeness (QED) is 0.874. The maximum Gasteiger partial charge on any atom is 0.221 e. The lowest BCUT2D eigenvalue weighted by molar-refractivity contribution is -0.121. The summed E-state index contributed by atoms with van der Waals surface area (Å²) in [6.45, 7) is 3.94. The summed E-state index contributed by atoms with van der Waals surface area (Å²) in [5.74, 6) is -0.0184. The molecule has 0 aromatic heterocycles. The van der Waals surface area contributed by atoms with Gasteiger partial charge in [0, 0.05) is 25.1 Å². The molecule has 0 heterocycles. The van der Waals surface area contributed by atoms with E-state index in [-0.39, 0.29) is 16.3 Å². The van der Waals surface area contributed by atoms with E-state index < -0.39 is 0 Å². The Bertz CT molecular complexity index is 378. The van der Waals surface area contributed by atoms with Gasteiger partial charge in [-0.1, -0.05) is 49.0 Å². The van der Waals surface area contributed by atoms with Crippen molar-refractivity contribution >= 4 is 22.8 Å². The second-order valence-electron chi connectivity index (χ2n) is 3.89. The first-order chi connectivity index (χ1) is 8.08. The number of hydrogen-bond acceptors (Lipinski definition) is 3. The van der Waals surface area contributed by atoms with E-state index in [9.17, 15) is 9.59 Å². The van der Waals surface area contributed by atoms with Crippen molar-refractivity contribution < 1.29 is 9.59 Å². The highest BCUT2D eigenvalue weighted by atomic mass is 32.2. The van der Waals surface area contributed by atoms with Crippen LogP contribution in [0, 0.1) is 0 Å². The predicted octanol–water partition coefficient (Wildman–Crippen LogP) is 2.36. The van der Waals surface area contributed by atoms with Gasteiger partial charge in [-0.25, -0.2) is 0 Å². The van der Waals surface area contributed by atoms with Crippen molar-refractivity contribution in [2.24, 2.45) is 0 Å². The molecule has 1 atom stereocenters. The zero-order valence-electron chi connectivity index (χ0n) is 10.1. The first kappa shape index (κ1) is 13.8. The molecule has 1 rings (SSSR count). The number of carbonyl (C=O) groups excluding carboxylic acids is 2. The fraction of sp³-hybridized carbons (Fsp3) is 0.385. The average molecular weight is 251 g/mol. The van der Waals surface area contributed by atoms with Crippen LogP contribution in [-0.4, -0.2) is 16.3 Å². The molecule has 0 radical (unpaired) electrons. The summed E-state index contributed by atoms with van der Waals surface area (Å²) in [7, 11) is 0. The molecule has 0 bridgehead atoms. The second-order valence-corrected chi connectivity index (χ2v) is 5.50. The summed E-state index contributed by atoms with van der Waals surface area (Å²) >= 11 is 1.20. The third-order valence-corrected chi connectivity index (χ3v) is 3.07. The molecular weight excluding hydrogens is 234 g/mol. The van der Waals surface area contributed by atoms with Gasteiger partial charge in [-0.05, 0) is 5.56 Å². The largest absolute Gasteiger partial charge is 0.352 e. The van der Waals surface area contributed by atoms with Gasteiger partial charge in [0.2, 0.25) is 5.91 Å². The van der Waals surface area contributed by atoms with Crippen molar-refractivity contribution in [3.05, 3.63) is 35.9 Å². The van der Waals surface area contributed by atoms with Crippen molar-refractivity contribution in [1.82, 2.24) is 5.32 Å². The SMILES string of the molecule is CC(=O)S[C@H](C)CC(=O)NCc1ccccc1. The standard InChI is InChI=1S/C13H17NO2S/c1-10(17-11(2)15)8-13(16)14-9-12-6-4-3-5-7-12/h3-7,10H,8-9H2,1-2H3,(H,14,16)/t10-/m1/s1. The zero-order chi connectivity index (χ0) is 12.7. The van der Waals surface area contributed by atoms with Crippen molar-refractivity contribution in [2.75, 3.05) is 0 Å². The second kappa shape index (κ2) is 7.12. The molecule has 0 aliphatic carbocycles. The molecule has 0 aliphatic rings. The van der Waals surface area contributed by atoms with E-state index in [4.69, 9.17) is 0 Å². The van der Waals surface area contributed by atoms with Crippen LogP contribution in [0.4, 0.5) is 0 Å². The van der Waals surface area contributed by atoms with E-state index in [2.05, 4.69) is 5.32 Å². The lowest BCUT2D eigenvalue weighted by Gasteiger charge is -2.09. The molecular formula is C13H17NO2S. The molecule has 1 aromatic rings.